The van der Waals surface area contributed by atoms with Gasteiger partial charge in [0.05, 0.1) is 56.4 Å². The van der Waals surface area contributed by atoms with Crippen molar-refractivity contribution in [2.24, 2.45) is 50.7 Å². The third-order valence-corrected chi connectivity index (χ3v) is 21.7. The lowest BCUT2D eigenvalue weighted by Gasteiger charge is -2.65. The Morgan fingerprint density at radius 3 is 1.75 bits per heavy atom. The summed E-state index contributed by atoms with van der Waals surface area (Å²) in [6.07, 6.45) is -27.7. The van der Waals surface area contributed by atoms with Gasteiger partial charge >= 0.3 is 0 Å². The van der Waals surface area contributed by atoms with E-state index in [0.717, 1.165) is 25.7 Å². The van der Waals surface area contributed by atoms with Gasteiger partial charge in [-0.3, -0.25) is 0 Å². The van der Waals surface area contributed by atoms with Gasteiger partial charge in [0.1, 0.15) is 91.6 Å². The van der Waals surface area contributed by atoms with E-state index < -0.39 is 177 Å². The van der Waals surface area contributed by atoms with Crippen molar-refractivity contribution < 1.29 is 120 Å². The molecule has 4 aliphatic heterocycles. The second-order valence-electron chi connectivity index (χ2n) is 26.2. The molecule has 77 heavy (non-hydrogen) atoms. The van der Waals surface area contributed by atoms with Crippen LogP contribution in [0.2, 0.25) is 0 Å². The second kappa shape index (κ2) is 21.9. The van der Waals surface area contributed by atoms with Gasteiger partial charge in [0.2, 0.25) is 0 Å². The summed E-state index contributed by atoms with van der Waals surface area (Å²) in [4.78, 5) is 0. The molecule has 0 aromatic carbocycles. The number of aliphatic hydroxyl groups excluding tert-OH is 16. The fourth-order valence-corrected chi connectivity index (χ4v) is 17.1. The van der Waals surface area contributed by atoms with Gasteiger partial charge in [-0.05, 0) is 111 Å². The van der Waals surface area contributed by atoms with E-state index in [1.54, 1.807) is 13.8 Å². The summed E-state index contributed by atoms with van der Waals surface area (Å²) in [5.74, 6) is -0.157. The molecule has 24 heteroatoms. The van der Waals surface area contributed by atoms with Gasteiger partial charge in [-0.1, -0.05) is 34.6 Å². The molecular formula is C53H90O24. The van der Waals surface area contributed by atoms with Gasteiger partial charge in [0.25, 0.3) is 0 Å². The standard InChI is InChI=1S/C53H90O24/c1-21(8-9-30(74-44-38(66)32(60)24(58)19-70-44)49(4,5)77-47-40(68)36(64)34(62)26(17-55)72-47)22-10-11-51(7)43-23(57)14-28-48(2,3)31(15-29(59)53(28)20-52(43,53)13-12-50(22,51)6)75-45-41(69)37(65)42(27(18-56)73-45)76-46-39(67)35(63)33(61)25(16-54)71-46/h21-47,54-69H,8-20H2,1-7H3/t21?,22?,23?,24?,25?,26?,27?,28?,29?,30?,31?,32?,33?,34?,35?,36?,37?,38?,39?,40?,41?,42?,43?,44?,45?,46?,47?,50-,51+,52+,53-/m1/s1. The Hall–Kier alpha value is -0.960. The Bertz CT molecular complexity index is 2020. The molecule has 2 spiro atoms. The molecule has 5 aliphatic carbocycles. The maximum Gasteiger partial charge on any atom is 0.187 e. The highest BCUT2D eigenvalue weighted by atomic mass is 16.8. The predicted octanol–water partition coefficient (Wildman–Crippen LogP) is -3.79. The van der Waals surface area contributed by atoms with Crippen LogP contribution in [-0.4, -0.2) is 255 Å². The fraction of sp³-hybridized carbons (Fsp3) is 1.00. The molecule has 9 fully saturated rings. The highest BCUT2D eigenvalue weighted by Gasteiger charge is 2.86. The molecule has 0 bridgehead atoms. The van der Waals surface area contributed by atoms with E-state index in [2.05, 4.69) is 20.8 Å². The van der Waals surface area contributed by atoms with Crippen LogP contribution in [0.3, 0.4) is 0 Å². The molecule has 4 saturated heterocycles. The summed E-state index contributed by atoms with van der Waals surface area (Å²) >= 11 is 0. The van der Waals surface area contributed by atoms with E-state index in [1.165, 1.54) is 0 Å². The number of hydrogen-bond acceptors (Lipinski definition) is 24. The number of hydrogen-bond donors (Lipinski definition) is 16. The molecule has 31 atom stereocenters. The fourth-order valence-electron chi connectivity index (χ4n) is 17.1. The van der Waals surface area contributed by atoms with Crippen molar-refractivity contribution in [1.82, 2.24) is 0 Å². The van der Waals surface area contributed by atoms with Crippen LogP contribution >= 0.6 is 0 Å². The number of aliphatic hydroxyl groups is 16. The van der Waals surface area contributed by atoms with Crippen molar-refractivity contribution in [3.63, 3.8) is 0 Å². The minimum Gasteiger partial charge on any atom is -0.394 e. The summed E-state index contributed by atoms with van der Waals surface area (Å²) in [5.41, 5.74) is -3.62. The Balaban J connectivity index is 0.885. The second-order valence-corrected chi connectivity index (χ2v) is 26.2. The van der Waals surface area contributed by atoms with Crippen molar-refractivity contribution >= 4 is 0 Å². The summed E-state index contributed by atoms with van der Waals surface area (Å²) in [5, 5.41) is 173. The molecule has 5 saturated carbocycles. The number of rotatable bonds is 16. The first-order valence-corrected chi connectivity index (χ1v) is 27.9. The first-order valence-electron chi connectivity index (χ1n) is 27.9. The molecule has 0 aromatic rings. The van der Waals surface area contributed by atoms with Crippen LogP contribution in [0.5, 0.6) is 0 Å². The monoisotopic (exact) mass is 1110 g/mol. The van der Waals surface area contributed by atoms with E-state index in [9.17, 15) is 81.7 Å². The Kier molecular flexibility index (Phi) is 17.2. The highest BCUT2D eigenvalue weighted by molar-refractivity contribution is 5.34. The number of ether oxygens (including phenoxy) is 8. The van der Waals surface area contributed by atoms with Crippen LogP contribution in [0.15, 0.2) is 0 Å². The van der Waals surface area contributed by atoms with E-state index >= 15 is 0 Å². The zero-order valence-electron chi connectivity index (χ0n) is 45.2. The van der Waals surface area contributed by atoms with Gasteiger partial charge < -0.3 is 120 Å². The summed E-state index contributed by atoms with van der Waals surface area (Å²) in [6, 6.07) is 0. The largest absolute Gasteiger partial charge is 0.394 e. The minimum atomic E-state index is -1.82. The smallest absolute Gasteiger partial charge is 0.187 e. The normalized spacial score (nSPS) is 54.4. The van der Waals surface area contributed by atoms with Crippen LogP contribution in [0, 0.1) is 50.7 Å². The van der Waals surface area contributed by atoms with Gasteiger partial charge in [-0.15, -0.1) is 0 Å². The summed E-state index contributed by atoms with van der Waals surface area (Å²) < 4.78 is 47.9. The summed E-state index contributed by atoms with van der Waals surface area (Å²) in [7, 11) is 0. The Morgan fingerprint density at radius 2 is 1.13 bits per heavy atom. The molecule has 16 N–H and O–H groups in total. The van der Waals surface area contributed by atoms with Crippen LogP contribution < -0.4 is 0 Å². The third kappa shape index (κ3) is 9.71. The van der Waals surface area contributed by atoms with E-state index in [1.807, 2.05) is 13.8 Å². The molecule has 446 valence electrons. The van der Waals surface area contributed by atoms with Crippen LogP contribution in [0.1, 0.15) is 106 Å². The van der Waals surface area contributed by atoms with Crippen LogP contribution in [-0.2, 0) is 37.9 Å². The molecule has 27 unspecified atom stereocenters. The molecule has 0 aromatic heterocycles. The van der Waals surface area contributed by atoms with Crippen molar-refractivity contribution in [2.45, 2.75) is 253 Å². The van der Waals surface area contributed by atoms with E-state index in [0.29, 0.717) is 25.7 Å². The SMILES string of the molecule is CC(CCC(OC1OCC(O)C(O)C1O)C(C)(C)OC1OC(CO)C(O)C(O)C1O)C1CC[C@@]2(C)C3C(O)CC4C(C)(C)C(OC5OC(CO)C(OC6OC(CO)C(O)C(O)C6O)C(O)C5O)CC(O)[C@@]45C[C@@]35CC[C@]12C. The molecule has 0 radical (unpaired) electrons. The lowest BCUT2D eigenvalue weighted by atomic mass is 9.40. The lowest BCUT2D eigenvalue weighted by molar-refractivity contribution is -0.369. The first kappa shape index (κ1) is 60.6. The average Bonchev–Trinajstić information content (AvgIpc) is 3.74. The van der Waals surface area contributed by atoms with E-state index in [-0.39, 0.29) is 52.9 Å². The van der Waals surface area contributed by atoms with Crippen LogP contribution in [0.25, 0.3) is 0 Å². The van der Waals surface area contributed by atoms with Crippen molar-refractivity contribution in [1.29, 1.82) is 0 Å². The molecule has 4 heterocycles. The average molecular weight is 1110 g/mol. The number of fused-ring (bicyclic) bond motifs is 2. The predicted molar refractivity (Wildman–Crippen MR) is 261 cm³/mol. The zero-order chi connectivity index (χ0) is 56.4. The topological polar surface area (TPSA) is 398 Å². The maximum atomic E-state index is 12.7. The minimum absolute atomic E-state index is 0.0595. The van der Waals surface area contributed by atoms with Gasteiger partial charge in [-0.25, -0.2) is 0 Å². The first-order chi connectivity index (χ1) is 36.0. The van der Waals surface area contributed by atoms with Gasteiger partial charge in [-0.2, -0.15) is 0 Å². The van der Waals surface area contributed by atoms with E-state index in [4.69, 9.17) is 37.9 Å². The van der Waals surface area contributed by atoms with Crippen molar-refractivity contribution in [2.75, 3.05) is 26.4 Å². The lowest BCUT2D eigenvalue weighted by Crippen LogP contribution is -2.67. The molecule has 0 amide bonds. The molecule has 9 aliphatic rings. The quantitative estimate of drug-likeness (QED) is 0.0659. The highest BCUT2D eigenvalue weighted by Crippen LogP contribution is 2.89. The summed E-state index contributed by atoms with van der Waals surface area (Å²) in [6.45, 7) is 11.8. The van der Waals surface area contributed by atoms with Gasteiger partial charge in [0, 0.05) is 11.8 Å². The van der Waals surface area contributed by atoms with Gasteiger partial charge in [0.15, 0.2) is 25.2 Å². The Morgan fingerprint density at radius 1 is 0.571 bits per heavy atom. The molecule has 9 rings (SSSR count). The van der Waals surface area contributed by atoms with Crippen LogP contribution in [0.4, 0.5) is 0 Å². The van der Waals surface area contributed by atoms with Crippen molar-refractivity contribution in [3.8, 4) is 0 Å². The molecule has 24 nitrogen and oxygen atoms in total. The van der Waals surface area contributed by atoms with Crippen molar-refractivity contribution in [3.05, 3.63) is 0 Å². The Labute approximate surface area is 448 Å². The molecular weight excluding hydrogens is 1020 g/mol. The zero-order valence-corrected chi connectivity index (χ0v) is 45.2. The third-order valence-electron chi connectivity index (χ3n) is 21.7. The maximum absolute atomic E-state index is 12.7.